The second-order valence-electron chi connectivity index (χ2n) is 6.41. The maximum absolute atomic E-state index is 12.4. The van der Waals surface area contributed by atoms with Crippen molar-refractivity contribution < 1.29 is 4.79 Å². The van der Waals surface area contributed by atoms with E-state index in [9.17, 15) is 4.79 Å². The predicted octanol–water partition coefficient (Wildman–Crippen LogP) is 2.03. The summed E-state index contributed by atoms with van der Waals surface area (Å²) in [5.41, 5.74) is 8.02. The standard InChI is InChI=1S/C17H27N3O/c1-20(2)13-15-9-5-4-8-14(15)12-19-16(21)17(18)10-6-3-7-11-17/h4-5,8-9H,3,6-7,10-13,18H2,1-2H3,(H,19,21). The van der Waals surface area contributed by atoms with Gasteiger partial charge in [0.2, 0.25) is 5.91 Å². The minimum Gasteiger partial charge on any atom is -0.350 e. The summed E-state index contributed by atoms with van der Waals surface area (Å²) in [6, 6.07) is 8.23. The normalized spacial score (nSPS) is 17.7. The average molecular weight is 289 g/mol. The lowest BCUT2D eigenvalue weighted by Crippen LogP contribution is -2.54. The van der Waals surface area contributed by atoms with Gasteiger partial charge in [-0.3, -0.25) is 4.79 Å². The highest BCUT2D eigenvalue weighted by atomic mass is 16.2. The Kier molecular flexibility index (Phi) is 5.37. The number of nitrogens with two attached hydrogens (primary N) is 1. The molecule has 0 spiro atoms. The van der Waals surface area contributed by atoms with Gasteiger partial charge < -0.3 is 16.0 Å². The van der Waals surface area contributed by atoms with Crippen molar-refractivity contribution >= 4 is 5.91 Å². The molecule has 0 unspecified atom stereocenters. The summed E-state index contributed by atoms with van der Waals surface area (Å²) in [7, 11) is 4.10. The zero-order valence-corrected chi connectivity index (χ0v) is 13.2. The lowest BCUT2D eigenvalue weighted by Gasteiger charge is -2.32. The zero-order valence-electron chi connectivity index (χ0n) is 13.2. The fraction of sp³-hybridized carbons (Fsp3) is 0.588. The van der Waals surface area contributed by atoms with E-state index < -0.39 is 5.54 Å². The topological polar surface area (TPSA) is 58.4 Å². The Hall–Kier alpha value is -1.39. The van der Waals surface area contributed by atoms with Gasteiger partial charge in [0.05, 0.1) is 5.54 Å². The molecule has 0 saturated heterocycles. The number of hydrogen-bond donors (Lipinski definition) is 2. The lowest BCUT2D eigenvalue weighted by molar-refractivity contribution is -0.127. The molecule has 0 radical (unpaired) electrons. The third kappa shape index (κ3) is 4.29. The average Bonchev–Trinajstić information content (AvgIpc) is 2.46. The maximum atomic E-state index is 12.4. The number of carbonyl (C=O) groups is 1. The SMILES string of the molecule is CN(C)Cc1ccccc1CNC(=O)C1(N)CCCCC1. The quantitative estimate of drug-likeness (QED) is 0.872. The molecule has 0 heterocycles. The number of rotatable bonds is 5. The molecule has 0 bridgehead atoms. The summed E-state index contributed by atoms with van der Waals surface area (Å²) >= 11 is 0. The highest BCUT2D eigenvalue weighted by Crippen LogP contribution is 2.26. The van der Waals surface area contributed by atoms with Crippen LogP contribution >= 0.6 is 0 Å². The van der Waals surface area contributed by atoms with Crippen molar-refractivity contribution in [3.05, 3.63) is 35.4 Å². The van der Waals surface area contributed by atoms with Crippen LogP contribution in [-0.2, 0) is 17.9 Å². The van der Waals surface area contributed by atoms with Gasteiger partial charge in [0.25, 0.3) is 0 Å². The number of nitrogens with one attached hydrogen (secondary N) is 1. The lowest BCUT2D eigenvalue weighted by atomic mass is 9.82. The molecule has 1 amide bonds. The molecule has 2 rings (SSSR count). The second-order valence-corrected chi connectivity index (χ2v) is 6.41. The largest absolute Gasteiger partial charge is 0.350 e. The van der Waals surface area contributed by atoms with E-state index >= 15 is 0 Å². The Labute approximate surface area is 127 Å². The first-order valence-electron chi connectivity index (χ1n) is 7.80. The number of carbonyl (C=O) groups excluding carboxylic acids is 1. The van der Waals surface area contributed by atoms with Gasteiger partial charge >= 0.3 is 0 Å². The fourth-order valence-corrected chi connectivity index (χ4v) is 2.99. The molecule has 4 heteroatoms. The Morgan fingerprint density at radius 2 is 1.81 bits per heavy atom. The van der Waals surface area contributed by atoms with Crippen molar-refractivity contribution in [1.29, 1.82) is 0 Å². The van der Waals surface area contributed by atoms with E-state index in [1.807, 2.05) is 26.2 Å². The van der Waals surface area contributed by atoms with Crippen LogP contribution in [0, 0.1) is 0 Å². The fourth-order valence-electron chi connectivity index (χ4n) is 2.99. The van der Waals surface area contributed by atoms with Gasteiger partial charge in [-0.1, -0.05) is 43.5 Å². The summed E-state index contributed by atoms with van der Waals surface area (Å²) in [5.74, 6) is 0.00172. The van der Waals surface area contributed by atoms with Crippen LogP contribution in [0.5, 0.6) is 0 Å². The molecule has 3 N–H and O–H groups in total. The van der Waals surface area contributed by atoms with Crippen LogP contribution in [0.15, 0.2) is 24.3 Å². The molecule has 1 aliphatic carbocycles. The molecular formula is C17H27N3O. The van der Waals surface area contributed by atoms with E-state index in [1.165, 1.54) is 17.5 Å². The van der Waals surface area contributed by atoms with Crippen LogP contribution in [0.1, 0.15) is 43.2 Å². The maximum Gasteiger partial charge on any atom is 0.240 e. The Balaban J connectivity index is 1.98. The number of amides is 1. The van der Waals surface area contributed by atoms with Gasteiger partial charge in [-0.05, 0) is 38.1 Å². The van der Waals surface area contributed by atoms with Crippen molar-refractivity contribution in [2.75, 3.05) is 14.1 Å². The van der Waals surface area contributed by atoms with Crippen LogP contribution < -0.4 is 11.1 Å². The van der Waals surface area contributed by atoms with Crippen molar-refractivity contribution in [1.82, 2.24) is 10.2 Å². The summed E-state index contributed by atoms with van der Waals surface area (Å²) in [4.78, 5) is 14.5. The zero-order chi connectivity index (χ0) is 15.3. The van der Waals surface area contributed by atoms with E-state index in [0.29, 0.717) is 6.54 Å². The molecule has 21 heavy (non-hydrogen) atoms. The molecular weight excluding hydrogens is 262 g/mol. The van der Waals surface area contributed by atoms with Crippen molar-refractivity contribution in [2.24, 2.45) is 5.73 Å². The Bertz CT molecular complexity index is 479. The van der Waals surface area contributed by atoms with Crippen LogP contribution in [0.2, 0.25) is 0 Å². The molecule has 4 nitrogen and oxygen atoms in total. The first-order chi connectivity index (χ1) is 10.0. The summed E-state index contributed by atoms with van der Waals surface area (Å²) in [6.07, 6.45) is 4.91. The summed E-state index contributed by atoms with van der Waals surface area (Å²) in [5, 5.41) is 3.04. The van der Waals surface area contributed by atoms with Gasteiger partial charge in [-0.15, -0.1) is 0 Å². The first kappa shape index (κ1) is 16.0. The number of benzene rings is 1. The monoisotopic (exact) mass is 289 g/mol. The van der Waals surface area contributed by atoms with E-state index in [-0.39, 0.29) is 5.91 Å². The molecule has 0 aromatic heterocycles. The minimum atomic E-state index is -0.658. The second kappa shape index (κ2) is 7.05. The van der Waals surface area contributed by atoms with Crippen LogP contribution in [0.3, 0.4) is 0 Å². The predicted molar refractivity (Wildman–Crippen MR) is 85.7 cm³/mol. The first-order valence-corrected chi connectivity index (χ1v) is 7.80. The number of hydrogen-bond acceptors (Lipinski definition) is 3. The number of nitrogens with zero attached hydrogens (tertiary/aromatic N) is 1. The molecule has 0 aliphatic heterocycles. The van der Waals surface area contributed by atoms with Crippen molar-refractivity contribution in [2.45, 2.75) is 50.7 Å². The third-order valence-corrected chi connectivity index (χ3v) is 4.24. The highest BCUT2D eigenvalue weighted by Gasteiger charge is 2.34. The van der Waals surface area contributed by atoms with Crippen LogP contribution in [-0.4, -0.2) is 30.4 Å². The molecule has 1 fully saturated rings. The van der Waals surface area contributed by atoms with E-state index in [2.05, 4.69) is 22.3 Å². The smallest absolute Gasteiger partial charge is 0.240 e. The van der Waals surface area contributed by atoms with Gasteiger partial charge in [-0.2, -0.15) is 0 Å². The van der Waals surface area contributed by atoms with E-state index in [1.54, 1.807) is 0 Å². The van der Waals surface area contributed by atoms with Gasteiger partial charge in [0.1, 0.15) is 0 Å². The van der Waals surface area contributed by atoms with E-state index in [0.717, 1.165) is 32.2 Å². The molecule has 0 atom stereocenters. The molecule has 1 aromatic carbocycles. The minimum absolute atomic E-state index is 0.00172. The molecule has 1 saturated carbocycles. The van der Waals surface area contributed by atoms with Crippen molar-refractivity contribution in [3.8, 4) is 0 Å². The van der Waals surface area contributed by atoms with Crippen LogP contribution in [0.25, 0.3) is 0 Å². The Morgan fingerprint density at radius 1 is 1.19 bits per heavy atom. The van der Waals surface area contributed by atoms with Crippen LogP contribution in [0.4, 0.5) is 0 Å². The van der Waals surface area contributed by atoms with Gasteiger partial charge in [-0.25, -0.2) is 0 Å². The summed E-state index contributed by atoms with van der Waals surface area (Å²) in [6.45, 7) is 1.43. The Morgan fingerprint density at radius 3 is 2.43 bits per heavy atom. The highest BCUT2D eigenvalue weighted by molar-refractivity contribution is 5.86. The van der Waals surface area contributed by atoms with E-state index in [4.69, 9.17) is 5.73 Å². The molecule has 1 aromatic rings. The third-order valence-electron chi connectivity index (χ3n) is 4.24. The summed E-state index contributed by atoms with van der Waals surface area (Å²) < 4.78 is 0. The van der Waals surface area contributed by atoms with Crippen molar-refractivity contribution in [3.63, 3.8) is 0 Å². The molecule has 116 valence electrons. The molecule has 1 aliphatic rings. The van der Waals surface area contributed by atoms with Gasteiger partial charge in [0, 0.05) is 13.1 Å². The van der Waals surface area contributed by atoms with Gasteiger partial charge in [0.15, 0.2) is 0 Å².